The molecule has 1 unspecified atom stereocenters. The van der Waals surface area contributed by atoms with E-state index in [4.69, 9.17) is 5.11 Å². The minimum Gasteiger partial charge on any atom is -0.480 e. The minimum absolute atomic E-state index is 0.323. The number of aliphatic carboxylic acids is 1. The summed E-state index contributed by atoms with van der Waals surface area (Å²) < 4.78 is 13.7. The van der Waals surface area contributed by atoms with Crippen molar-refractivity contribution in [2.45, 2.75) is 6.04 Å². The second-order valence-electron chi connectivity index (χ2n) is 4.20. The summed E-state index contributed by atoms with van der Waals surface area (Å²) in [5.41, 5.74) is 0.405. The Hall–Kier alpha value is -0.980. The van der Waals surface area contributed by atoms with Gasteiger partial charge in [-0.05, 0) is 47.7 Å². The lowest BCUT2D eigenvalue weighted by Gasteiger charge is -2.17. The molecule has 4 nitrogen and oxygen atoms in total. The smallest absolute Gasteiger partial charge is 0.325 e. The maximum atomic E-state index is 13.4. The van der Waals surface area contributed by atoms with Gasteiger partial charge >= 0.3 is 5.97 Å². The van der Waals surface area contributed by atoms with E-state index in [0.29, 0.717) is 23.1 Å². The fraction of sp³-hybridized carbons (Fsp3) is 0.417. The molecule has 0 aliphatic rings. The fourth-order valence-electron chi connectivity index (χ4n) is 1.47. The molecule has 0 saturated heterocycles. The number of likely N-dealkylation sites (N-methyl/N-ethyl adjacent to an activating group) is 1. The molecule has 1 rings (SSSR count). The number of nitrogens with zero attached hydrogens (tertiary/aromatic N) is 1. The molecule has 0 aliphatic heterocycles. The summed E-state index contributed by atoms with van der Waals surface area (Å²) in [6.07, 6.45) is 0. The molecule has 0 saturated carbocycles. The maximum absolute atomic E-state index is 13.4. The summed E-state index contributed by atoms with van der Waals surface area (Å²) in [6.45, 7) is 1.23. The molecule has 0 radical (unpaired) electrons. The molecular formula is C12H16BrFN2O2. The molecule has 0 bridgehead atoms. The normalized spacial score (nSPS) is 12.7. The minimum atomic E-state index is -1.02. The van der Waals surface area contributed by atoms with E-state index in [2.05, 4.69) is 21.2 Å². The van der Waals surface area contributed by atoms with Crippen molar-refractivity contribution >= 4 is 21.9 Å². The largest absolute Gasteiger partial charge is 0.480 e. The zero-order valence-corrected chi connectivity index (χ0v) is 11.9. The number of carbonyl (C=O) groups is 1. The van der Waals surface area contributed by atoms with E-state index in [1.54, 1.807) is 6.07 Å². The van der Waals surface area contributed by atoms with Crippen LogP contribution in [0.3, 0.4) is 0 Å². The van der Waals surface area contributed by atoms with Gasteiger partial charge in [-0.1, -0.05) is 6.07 Å². The monoisotopic (exact) mass is 318 g/mol. The molecule has 6 heteroatoms. The summed E-state index contributed by atoms with van der Waals surface area (Å²) in [7, 11) is 3.80. The third-order valence-corrected chi connectivity index (χ3v) is 3.07. The van der Waals surface area contributed by atoms with Crippen molar-refractivity contribution in [2.75, 3.05) is 27.2 Å². The number of hydrogen-bond donors (Lipinski definition) is 2. The van der Waals surface area contributed by atoms with Crippen molar-refractivity contribution in [3.63, 3.8) is 0 Å². The van der Waals surface area contributed by atoms with Crippen molar-refractivity contribution in [3.05, 3.63) is 34.1 Å². The second kappa shape index (κ2) is 6.82. The first-order chi connectivity index (χ1) is 8.41. The van der Waals surface area contributed by atoms with Crippen LogP contribution in [0.15, 0.2) is 22.7 Å². The lowest BCUT2D eigenvalue weighted by atomic mass is 10.1. The number of carboxylic acid groups (broad SMARTS) is 1. The zero-order valence-electron chi connectivity index (χ0n) is 10.3. The average molecular weight is 319 g/mol. The molecule has 0 aromatic heterocycles. The predicted molar refractivity (Wildman–Crippen MR) is 71.0 cm³/mol. The second-order valence-corrected chi connectivity index (χ2v) is 5.06. The van der Waals surface area contributed by atoms with Gasteiger partial charge in [0.25, 0.3) is 0 Å². The van der Waals surface area contributed by atoms with Gasteiger partial charge in [0.2, 0.25) is 0 Å². The third kappa shape index (κ3) is 4.36. The molecule has 100 valence electrons. The first-order valence-electron chi connectivity index (χ1n) is 5.47. The molecule has 1 atom stereocenters. The molecular weight excluding hydrogens is 303 g/mol. The molecule has 2 N–H and O–H groups in total. The van der Waals surface area contributed by atoms with Gasteiger partial charge in [-0.3, -0.25) is 10.1 Å². The highest BCUT2D eigenvalue weighted by molar-refractivity contribution is 9.10. The quantitative estimate of drug-likeness (QED) is 0.840. The Morgan fingerprint density at radius 3 is 2.72 bits per heavy atom. The van der Waals surface area contributed by atoms with E-state index in [-0.39, 0.29) is 0 Å². The van der Waals surface area contributed by atoms with Crippen LogP contribution in [0.1, 0.15) is 11.6 Å². The van der Waals surface area contributed by atoms with Gasteiger partial charge in [0.05, 0.1) is 4.47 Å². The number of benzene rings is 1. The standard InChI is InChI=1S/C12H16BrFN2O2/c1-16(2)6-5-15-11(12(17)18)8-3-4-9(13)10(14)7-8/h3-4,7,11,15H,5-6H2,1-2H3,(H,17,18). The summed E-state index contributed by atoms with van der Waals surface area (Å²) in [5.74, 6) is -1.48. The van der Waals surface area contributed by atoms with Crippen LogP contribution in [-0.4, -0.2) is 43.2 Å². The molecule has 0 fully saturated rings. The molecule has 1 aromatic carbocycles. The molecule has 0 amide bonds. The van der Waals surface area contributed by atoms with Crippen molar-refractivity contribution in [1.29, 1.82) is 0 Å². The van der Waals surface area contributed by atoms with E-state index in [9.17, 15) is 9.18 Å². The number of halogens is 2. The van der Waals surface area contributed by atoms with Crippen LogP contribution in [0.2, 0.25) is 0 Å². The van der Waals surface area contributed by atoms with Gasteiger partial charge in [-0.2, -0.15) is 0 Å². The number of hydrogen-bond acceptors (Lipinski definition) is 3. The topological polar surface area (TPSA) is 52.6 Å². The van der Waals surface area contributed by atoms with Crippen LogP contribution in [0, 0.1) is 5.82 Å². The van der Waals surface area contributed by atoms with Crippen LogP contribution < -0.4 is 5.32 Å². The molecule has 0 aliphatic carbocycles. The Bertz CT molecular complexity index is 427. The lowest BCUT2D eigenvalue weighted by Crippen LogP contribution is -2.34. The van der Waals surface area contributed by atoms with Gasteiger partial charge < -0.3 is 10.0 Å². The Kier molecular flexibility index (Phi) is 5.71. The Balaban J connectivity index is 2.78. The van der Waals surface area contributed by atoms with E-state index in [0.717, 1.165) is 0 Å². The van der Waals surface area contributed by atoms with Gasteiger partial charge in [-0.25, -0.2) is 4.39 Å². The van der Waals surface area contributed by atoms with Crippen molar-refractivity contribution in [1.82, 2.24) is 10.2 Å². The van der Waals surface area contributed by atoms with E-state index >= 15 is 0 Å². The van der Waals surface area contributed by atoms with Gasteiger partial charge in [0, 0.05) is 13.1 Å². The van der Waals surface area contributed by atoms with Crippen molar-refractivity contribution < 1.29 is 14.3 Å². The summed E-state index contributed by atoms with van der Waals surface area (Å²) in [5, 5.41) is 12.0. The molecule has 1 aromatic rings. The third-order valence-electron chi connectivity index (χ3n) is 2.43. The van der Waals surface area contributed by atoms with Gasteiger partial charge in [-0.15, -0.1) is 0 Å². The highest BCUT2D eigenvalue weighted by atomic mass is 79.9. The summed E-state index contributed by atoms with van der Waals surface area (Å²) in [6, 6.07) is 3.43. The van der Waals surface area contributed by atoms with Crippen molar-refractivity contribution in [3.8, 4) is 0 Å². The zero-order chi connectivity index (χ0) is 13.7. The van der Waals surface area contributed by atoms with Crippen LogP contribution in [0.4, 0.5) is 4.39 Å². The molecule has 0 heterocycles. The van der Waals surface area contributed by atoms with Crippen LogP contribution in [-0.2, 0) is 4.79 Å². The van der Waals surface area contributed by atoms with Crippen LogP contribution in [0.25, 0.3) is 0 Å². The molecule has 0 spiro atoms. The first-order valence-corrected chi connectivity index (χ1v) is 6.27. The van der Waals surface area contributed by atoms with E-state index in [1.165, 1.54) is 12.1 Å². The van der Waals surface area contributed by atoms with Crippen molar-refractivity contribution in [2.24, 2.45) is 0 Å². The SMILES string of the molecule is CN(C)CCNC(C(=O)O)c1ccc(Br)c(F)c1. The summed E-state index contributed by atoms with van der Waals surface area (Å²) >= 11 is 3.04. The number of rotatable bonds is 6. The Morgan fingerprint density at radius 2 is 2.22 bits per heavy atom. The van der Waals surface area contributed by atoms with Gasteiger partial charge in [0.15, 0.2) is 0 Å². The van der Waals surface area contributed by atoms with Crippen LogP contribution >= 0.6 is 15.9 Å². The molecule has 18 heavy (non-hydrogen) atoms. The fourth-order valence-corrected chi connectivity index (χ4v) is 1.72. The number of nitrogens with one attached hydrogen (secondary N) is 1. The Labute approximate surface area is 114 Å². The summed E-state index contributed by atoms with van der Waals surface area (Å²) in [4.78, 5) is 13.1. The highest BCUT2D eigenvalue weighted by Crippen LogP contribution is 2.20. The highest BCUT2D eigenvalue weighted by Gasteiger charge is 2.19. The Morgan fingerprint density at radius 1 is 1.56 bits per heavy atom. The lowest BCUT2D eigenvalue weighted by molar-refractivity contribution is -0.139. The van der Waals surface area contributed by atoms with Crippen LogP contribution in [0.5, 0.6) is 0 Å². The predicted octanol–water partition coefficient (Wildman–Crippen LogP) is 1.87. The van der Waals surface area contributed by atoms with Gasteiger partial charge in [0.1, 0.15) is 11.9 Å². The maximum Gasteiger partial charge on any atom is 0.325 e. The van der Waals surface area contributed by atoms with E-state index < -0.39 is 17.8 Å². The average Bonchev–Trinajstić information content (AvgIpc) is 2.27. The number of carboxylic acids is 1. The first kappa shape index (κ1) is 15.1. The van der Waals surface area contributed by atoms with E-state index in [1.807, 2.05) is 19.0 Å².